The lowest BCUT2D eigenvalue weighted by molar-refractivity contribution is -0.0575. The molecular weight excluding hydrogens is 218 g/mol. The fraction of sp³-hybridized carbons (Fsp3) is 0.647. The van der Waals surface area contributed by atoms with Gasteiger partial charge in [0.15, 0.2) is 0 Å². The minimum atomic E-state index is 0.435. The summed E-state index contributed by atoms with van der Waals surface area (Å²) < 4.78 is 0. The van der Waals surface area contributed by atoms with Crippen molar-refractivity contribution in [2.75, 3.05) is 6.54 Å². The average Bonchev–Trinajstić information content (AvgIpc) is 2.39. The van der Waals surface area contributed by atoms with E-state index in [1.807, 2.05) is 0 Å². The quantitative estimate of drug-likeness (QED) is 0.844. The molecule has 2 N–H and O–H groups in total. The molecule has 4 bridgehead atoms. The Morgan fingerprint density at radius 1 is 1.00 bits per heavy atom. The third-order valence-electron chi connectivity index (χ3n) is 6.13. The van der Waals surface area contributed by atoms with Gasteiger partial charge in [-0.2, -0.15) is 0 Å². The molecule has 4 aliphatic rings. The van der Waals surface area contributed by atoms with Gasteiger partial charge in [0.1, 0.15) is 0 Å². The maximum atomic E-state index is 6.18. The van der Waals surface area contributed by atoms with Crippen LogP contribution in [0.5, 0.6) is 0 Å². The average molecular weight is 241 g/mol. The molecule has 0 aromatic heterocycles. The largest absolute Gasteiger partial charge is 0.330 e. The molecule has 0 aliphatic heterocycles. The standard InChI is InChI=1S/C17H23N/c18-11-16-14-7-12-6-13(8-14)10-17(16,9-12)15-4-2-1-3-5-15/h1-5,12-14,16H,6-11,18H2. The van der Waals surface area contributed by atoms with Crippen molar-refractivity contribution in [2.45, 2.75) is 37.5 Å². The number of nitrogens with two attached hydrogens (primary N) is 1. The van der Waals surface area contributed by atoms with Gasteiger partial charge in [0.2, 0.25) is 0 Å². The zero-order valence-corrected chi connectivity index (χ0v) is 11.0. The summed E-state index contributed by atoms with van der Waals surface area (Å²) in [5.41, 5.74) is 8.19. The van der Waals surface area contributed by atoms with Gasteiger partial charge >= 0.3 is 0 Å². The molecule has 4 fully saturated rings. The Hall–Kier alpha value is -0.820. The molecule has 4 saturated carbocycles. The van der Waals surface area contributed by atoms with E-state index in [-0.39, 0.29) is 0 Å². The predicted molar refractivity (Wildman–Crippen MR) is 74.2 cm³/mol. The van der Waals surface area contributed by atoms with E-state index in [1.54, 1.807) is 5.56 Å². The first-order chi connectivity index (χ1) is 8.82. The van der Waals surface area contributed by atoms with Crippen LogP contribution in [0.4, 0.5) is 0 Å². The summed E-state index contributed by atoms with van der Waals surface area (Å²) in [6, 6.07) is 11.3. The molecule has 4 aliphatic carbocycles. The molecule has 3 unspecified atom stereocenters. The molecule has 0 saturated heterocycles. The van der Waals surface area contributed by atoms with Crippen LogP contribution in [0.15, 0.2) is 30.3 Å². The SMILES string of the molecule is NCC1C2CC3CC(C2)CC1(c1ccccc1)C3. The van der Waals surface area contributed by atoms with Crippen molar-refractivity contribution in [3.63, 3.8) is 0 Å². The van der Waals surface area contributed by atoms with Crippen molar-refractivity contribution in [2.24, 2.45) is 29.4 Å². The molecule has 1 aromatic carbocycles. The van der Waals surface area contributed by atoms with Crippen molar-refractivity contribution >= 4 is 0 Å². The minimum absolute atomic E-state index is 0.435. The van der Waals surface area contributed by atoms with Crippen molar-refractivity contribution in [1.82, 2.24) is 0 Å². The number of benzene rings is 1. The van der Waals surface area contributed by atoms with Crippen LogP contribution in [-0.4, -0.2) is 6.54 Å². The van der Waals surface area contributed by atoms with Crippen molar-refractivity contribution in [3.8, 4) is 0 Å². The van der Waals surface area contributed by atoms with E-state index in [0.717, 1.165) is 30.2 Å². The van der Waals surface area contributed by atoms with Crippen LogP contribution < -0.4 is 5.73 Å². The van der Waals surface area contributed by atoms with E-state index in [0.29, 0.717) is 5.41 Å². The second kappa shape index (κ2) is 3.84. The van der Waals surface area contributed by atoms with E-state index in [9.17, 15) is 0 Å². The minimum Gasteiger partial charge on any atom is -0.330 e. The highest BCUT2D eigenvalue weighted by Crippen LogP contribution is 2.63. The maximum absolute atomic E-state index is 6.18. The third-order valence-corrected chi connectivity index (χ3v) is 6.13. The Bertz CT molecular complexity index is 424. The molecule has 0 radical (unpaired) electrons. The van der Waals surface area contributed by atoms with Gasteiger partial charge in [-0.1, -0.05) is 30.3 Å². The summed E-state index contributed by atoms with van der Waals surface area (Å²) in [7, 11) is 0. The van der Waals surface area contributed by atoms with Crippen LogP contribution in [0.25, 0.3) is 0 Å². The topological polar surface area (TPSA) is 26.0 Å². The summed E-state index contributed by atoms with van der Waals surface area (Å²) in [5.74, 6) is 3.64. The third kappa shape index (κ3) is 1.37. The second-order valence-corrected chi connectivity index (χ2v) is 6.97. The molecule has 1 nitrogen and oxygen atoms in total. The van der Waals surface area contributed by atoms with Crippen LogP contribution in [0, 0.1) is 23.7 Å². The second-order valence-electron chi connectivity index (χ2n) is 6.97. The van der Waals surface area contributed by atoms with Gasteiger partial charge < -0.3 is 5.73 Å². The van der Waals surface area contributed by atoms with Crippen LogP contribution in [0.1, 0.15) is 37.7 Å². The molecule has 0 heterocycles. The maximum Gasteiger partial charge on any atom is 0.000116 e. The molecule has 5 rings (SSSR count). The van der Waals surface area contributed by atoms with Crippen LogP contribution in [0.3, 0.4) is 0 Å². The Labute approximate surface area is 110 Å². The van der Waals surface area contributed by atoms with Crippen LogP contribution in [-0.2, 0) is 5.41 Å². The molecular formula is C17H23N. The first-order valence-electron chi connectivity index (χ1n) is 7.57. The van der Waals surface area contributed by atoms with Gasteiger partial charge in [0.05, 0.1) is 0 Å². The summed E-state index contributed by atoms with van der Waals surface area (Å²) >= 11 is 0. The van der Waals surface area contributed by atoms with E-state index >= 15 is 0 Å². The normalized spacial score (nSPS) is 45.4. The zero-order valence-electron chi connectivity index (χ0n) is 11.0. The first-order valence-corrected chi connectivity index (χ1v) is 7.57. The lowest BCUT2D eigenvalue weighted by Gasteiger charge is -2.61. The Balaban J connectivity index is 1.81. The van der Waals surface area contributed by atoms with Gasteiger partial charge in [-0.15, -0.1) is 0 Å². The van der Waals surface area contributed by atoms with Crippen molar-refractivity contribution < 1.29 is 0 Å². The molecule has 1 aromatic rings. The lowest BCUT2D eigenvalue weighted by atomic mass is 9.43. The summed E-state index contributed by atoms with van der Waals surface area (Å²) in [4.78, 5) is 0. The Morgan fingerprint density at radius 3 is 2.28 bits per heavy atom. The van der Waals surface area contributed by atoms with E-state index < -0.39 is 0 Å². The summed E-state index contributed by atoms with van der Waals surface area (Å²) in [5, 5.41) is 0. The van der Waals surface area contributed by atoms with E-state index in [1.165, 1.54) is 32.1 Å². The number of rotatable bonds is 2. The molecule has 18 heavy (non-hydrogen) atoms. The van der Waals surface area contributed by atoms with E-state index in [2.05, 4.69) is 30.3 Å². The molecule has 1 heteroatoms. The first kappa shape index (κ1) is 11.0. The van der Waals surface area contributed by atoms with Crippen LogP contribution >= 0.6 is 0 Å². The van der Waals surface area contributed by atoms with Crippen molar-refractivity contribution in [3.05, 3.63) is 35.9 Å². The van der Waals surface area contributed by atoms with Crippen LogP contribution in [0.2, 0.25) is 0 Å². The zero-order chi connectivity index (χ0) is 12.2. The fourth-order valence-electron chi connectivity index (χ4n) is 5.78. The monoisotopic (exact) mass is 241 g/mol. The predicted octanol–water partition coefficient (Wildman–Crippen LogP) is 3.34. The van der Waals surface area contributed by atoms with Gasteiger partial charge in [-0.25, -0.2) is 0 Å². The fourth-order valence-corrected chi connectivity index (χ4v) is 5.78. The molecule has 3 atom stereocenters. The smallest absolute Gasteiger partial charge is 0.000116 e. The summed E-state index contributed by atoms with van der Waals surface area (Å²) in [6.07, 6.45) is 7.25. The number of hydrogen-bond acceptors (Lipinski definition) is 1. The van der Waals surface area contributed by atoms with Gasteiger partial charge in [0, 0.05) is 5.41 Å². The van der Waals surface area contributed by atoms with Gasteiger partial charge in [-0.3, -0.25) is 0 Å². The highest BCUT2D eigenvalue weighted by molar-refractivity contribution is 5.31. The number of hydrogen-bond donors (Lipinski definition) is 1. The van der Waals surface area contributed by atoms with Gasteiger partial charge in [0.25, 0.3) is 0 Å². The van der Waals surface area contributed by atoms with Crippen molar-refractivity contribution in [1.29, 1.82) is 0 Å². The Morgan fingerprint density at radius 2 is 1.67 bits per heavy atom. The van der Waals surface area contributed by atoms with Gasteiger partial charge in [-0.05, 0) is 67.9 Å². The summed E-state index contributed by atoms with van der Waals surface area (Å²) in [6.45, 7) is 0.888. The molecule has 96 valence electrons. The molecule has 0 amide bonds. The van der Waals surface area contributed by atoms with E-state index in [4.69, 9.17) is 5.73 Å². The highest BCUT2D eigenvalue weighted by atomic mass is 14.7. The Kier molecular flexibility index (Phi) is 2.35. The lowest BCUT2D eigenvalue weighted by Crippen LogP contribution is -2.57. The highest BCUT2D eigenvalue weighted by Gasteiger charge is 2.56. The molecule has 0 spiro atoms.